The van der Waals surface area contributed by atoms with Gasteiger partial charge < -0.3 is 9.47 Å². The number of benzene rings is 1. The molecule has 0 aromatic heterocycles. The molecule has 1 aromatic rings. The van der Waals surface area contributed by atoms with Crippen molar-refractivity contribution in [2.45, 2.75) is 59.3 Å². The van der Waals surface area contributed by atoms with Gasteiger partial charge >= 0.3 is 12.2 Å². The molecule has 7 heteroatoms. The second-order valence-electron chi connectivity index (χ2n) is 7.46. The van der Waals surface area contributed by atoms with E-state index in [1.807, 2.05) is 6.07 Å². The van der Waals surface area contributed by atoms with Gasteiger partial charge in [-0.1, -0.05) is 6.07 Å². The minimum atomic E-state index is -0.907. The fourth-order valence-electron chi connectivity index (χ4n) is 1.80. The zero-order chi connectivity index (χ0) is 19.4. The fraction of sp³-hybridized carbons (Fsp3) is 0.500. The molecule has 0 spiro atoms. The van der Waals surface area contributed by atoms with Crippen LogP contribution in [0.15, 0.2) is 18.2 Å². The van der Waals surface area contributed by atoms with Crippen LogP contribution in [-0.4, -0.2) is 28.3 Å². The van der Waals surface area contributed by atoms with E-state index in [2.05, 4.69) is 0 Å². The summed E-state index contributed by atoms with van der Waals surface area (Å²) < 4.78 is 23.8. The third kappa shape index (κ3) is 6.79. The molecule has 0 aliphatic rings. The Kier molecular flexibility index (Phi) is 6.14. The van der Waals surface area contributed by atoms with Crippen LogP contribution in [0, 0.1) is 17.1 Å². The molecular weight excluding hydrogens is 327 g/mol. The van der Waals surface area contributed by atoms with Crippen molar-refractivity contribution < 1.29 is 23.5 Å². The predicted molar refractivity (Wildman–Crippen MR) is 89.1 cm³/mol. The van der Waals surface area contributed by atoms with Crippen LogP contribution in [0.3, 0.4) is 0 Å². The number of imide groups is 1. The standard InChI is InChI=1S/C18H23FN2O4/c1-17(2,3)24-15(22)21(16(23)25-18(4,5)6)11-12-7-8-14(19)9-13(12)10-20/h7-9H,11H2,1-6H3. The number of nitriles is 1. The number of carbonyl (C=O) groups is 2. The third-order valence-electron chi connectivity index (χ3n) is 2.75. The van der Waals surface area contributed by atoms with Gasteiger partial charge in [-0.3, -0.25) is 0 Å². The van der Waals surface area contributed by atoms with E-state index in [1.165, 1.54) is 6.07 Å². The Morgan fingerprint density at radius 3 is 1.96 bits per heavy atom. The smallest absolute Gasteiger partial charge is 0.420 e. The molecule has 0 unspecified atom stereocenters. The molecule has 0 aliphatic carbocycles. The van der Waals surface area contributed by atoms with Gasteiger partial charge in [0, 0.05) is 0 Å². The summed E-state index contributed by atoms with van der Waals surface area (Å²) in [6, 6.07) is 5.38. The van der Waals surface area contributed by atoms with Crippen molar-refractivity contribution in [2.24, 2.45) is 0 Å². The first-order chi connectivity index (χ1) is 11.3. The molecule has 0 atom stereocenters. The minimum Gasteiger partial charge on any atom is -0.443 e. The molecule has 136 valence electrons. The first-order valence-corrected chi connectivity index (χ1v) is 7.74. The van der Waals surface area contributed by atoms with E-state index in [0.717, 1.165) is 17.0 Å². The summed E-state index contributed by atoms with van der Waals surface area (Å²) in [6.07, 6.45) is -1.81. The SMILES string of the molecule is CC(C)(C)OC(=O)N(Cc1ccc(F)cc1C#N)C(=O)OC(C)(C)C. The number of halogens is 1. The third-order valence-corrected chi connectivity index (χ3v) is 2.75. The van der Waals surface area contributed by atoms with Crippen molar-refractivity contribution in [3.63, 3.8) is 0 Å². The Labute approximate surface area is 147 Å². The average Bonchev–Trinajstić information content (AvgIpc) is 2.41. The Morgan fingerprint density at radius 2 is 1.56 bits per heavy atom. The van der Waals surface area contributed by atoms with Crippen LogP contribution in [0.2, 0.25) is 0 Å². The van der Waals surface area contributed by atoms with E-state index < -0.39 is 29.2 Å². The fourth-order valence-corrected chi connectivity index (χ4v) is 1.80. The van der Waals surface area contributed by atoms with E-state index in [4.69, 9.17) is 14.7 Å². The number of rotatable bonds is 2. The average molecular weight is 350 g/mol. The summed E-state index contributed by atoms with van der Waals surface area (Å²) in [5, 5.41) is 9.14. The molecule has 25 heavy (non-hydrogen) atoms. The van der Waals surface area contributed by atoms with Crippen LogP contribution < -0.4 is 0 Å². The molecule has 0 radical (unpaired) electrons. The van der Waals surface area contributed by atoms with E-state index >= 15 is 0 Å². The number of hydrogen-bond donors (Lipinski definition) is 0. The molecule has 0 heterocycles. The summed E-state index contributed by atoms with van der Waals surface area (Å²) in [7, 11) is 0. The lowest BCUT2D eigenvalue weighted by Crippen LogP contribution is -2.43. The second kappa shape index (κ2) is 7.51. The molecular formula is C18H23FN2O4. The Balaban J connectivity index is 3.17. The zero-order valence-corrected chi connectivity index (χ0v) is 15.3. The van der Waals surface area contributed by atoms with E-state index in [0.29, 0.717) is 5.56 Å². The molecule has 0 N–H and O–H groups in total. The maximum atomic E-state index is 13.3. The highest BCUT2D eigenvalue weighted by Gasteiger charge is 2.31. The number of nitrogens with zero attached hydrogens (tertiary/aromatic N) is 2. The number of carbonyl (C=O) groups excluding carboxylic acids is 2. The summed E-state index contributed by atoms with van der Waals surface area (Å²) in [4.78, 5) is 25.6. The zero-order valence-electron chi connectivity index (χ0n) is 15.3. The predicted octanol–water partition coefficient (Wildman–Crippen LogP) is 4.37. The van der Waals surface area contributed by atoms with Crippen molar-refractivity contribution in [3.05, 3.63) is 35.1 Å². The van der Waals surface area contributed by atoms with E-state index in [-0.39, 0.29) is 12.1 Å². The lowest BCUT2D eigenvalue weighted by atomic mass is 10.1. The molecule has 0 saturated carbocycles. The molecule has 0 bridgehead atoms. The maximum absolute atomic E-state index is 13.3. The Hall–Kier alpha value is -2.62. The molecule has 0 aliphatic heterocycles. The first kappa shape index (κ1) is 20.4. The maximum Gasteiger partial charge on any atom is 0.420 e. The van der Waals surface area contributed by atoms with Crippen molar-refractivity contribution in [3.8, 4) is 6.07 Å². The highest BCUT2D eigenvalue weighted by Crippen LogP contribution is 2.19. The Bertz CT molecular complexity index is 668. The monoisotopic (exact) mass is 350 g/mol. The van der Waals surface area contributed by atoms with Crippen LogP contribution in [0.25, 0.3) is 0 Å². The van der Waals surface area contributed by atoms with Gasteiger partial charge in [0.25, 0.3) is 0 Å². The van der Waals surface area contributed by atoms with Crippen molar-refractivity contribution in [1.29, 1.82) is 5.26 Å². The lowest BCUT2D eigenvalue weighted by Gasteiger charge is -2.28. The quantitative estimate of drug-likeness (QED) is 0.791. The van der Waals surface area contributed by atoms with Crippen LogP contribution in [-0.2, 0) is 16.0 Å². The van der Waals surface area contributed by atoms with Crippen molar-refractivity contribution >= 4 is 12.2 Å². The van der Waals surface area contributed by atoms with Gasteiger partial charge in [-0.25, -0.2) is 18.9 Å². The van der Waals surface area contributed by atoms with E-state index in [9.17, 15) is 14.0 Å². The van der Waals surface area contributed by atoms with Gasteiger partial charge in [-0.2, -0.15) is 5.26 Å². The largest absolute Gasteiger partial charge is 0.443 e. The molecule has 1 aromatic carbocycles. The van der Waals surface area contributed by atoms with E-state index in [1.54, 1.807) is 41.5 Å². The second-order valence-corrected chi connectivity index (χ2v) is 7.46. The Morgan fingerprint density at radius 1 is 1.08 bits per heavy atom. The number of amides is 2. The van der Waals surface area contributed by atoms with Gasteiger partial charge in [0.05, 0.1) is 18.2 Å². The highest BCUT2D eigenvalue weighted by molar-refractivity contribution is 5.88. The molecule has 0 saturated heterocycles. The molecule has 6 nitrogen and oxygen atoms in total. The van der Waals surface area contributed by atoms with Gasteiger partial charge in [-0.15, -0.1) is 0 Å². The molecule has 2 amide bonds. The number of ether oxygens (including phenoxy) is 2. The van der Waals surface area contributed by atoms with Gasteiger partial charge in [0.2, 0.25) is 0 Å². The summed E-state index contributed by atoms with van der Waals surface area (Å²) >= 11 is 0. The normalized spacial score (nSPS) is 11.4. The topological polar surface area (TPSA) is 79.6 Å². The minimum absolute atomic E-state index is 0.0251. The molecule has 0 fully saturated rings. The van der Waals surface area contributed by atoms with Crippen molar-refractivity contribution in [2.75, 3.05) is 0 Å². The van der Waals surface area contributed by atoms with Gasteiger partial charge in [0.15, 0.2) is 0 Å². The number of hydrogen-bond acceptors (Lipinski definition) is 5. The lowest BCUT2D eigenvalue weighted by molar-refractivity contribution is -0.000253. The van der Waals surface area contributed by atoms with Crippen LogP contribution >= 0.6 is 0 Å². The van der Waals surface area contributed by atoms with Gasteiger partial charge in [0.1, 0.15) is 17.0 Å². The van der Waals surface area contributed by atoms with Crippen molar-refractivity contribution in [1.82, 2.24) is 4.90 Å². The summed E-state index contributed by atoms with van der Waals surface area (Å²) in [5.74, 6) is -0.582. The van der Waals surface area contributed by atoms with Crippen LogP contribution in [0.1, 0.15) is 52.7 Å². The first-order valence-electron chi connectivity index (χ1n) is 7.74. The van der Waals surface area contributed by atoms with Gasteiger partial charge in [-0.05, 0) is 59.2 Å². The summed E-state index contributed by atoms with van der Waals surface area (Å²) in [5.41, 5.74) is -1.31. The summed E-state index contributed by atoms with van der Waals surface area (Å²) in [6.45, 7) is 9.71. The highest BCUT2D eigenvalue weighted by atomic mass is 19.1. The van der Waals surface area contributed by atoms with Crippen LogP contribution in [0.5, 0.6) is 0 Å². The molecule has 1 rings (SSSR count). The van der Waals surface area contributed by atoms with Crippen LogP contribution in [0.4, 0.5) is 14.0 Å².